The minimum Gasteiger partial charge on any atom is -0.488 e. The van der Waals surface area contributed by atoms with Gasteiger partial charge >= 0.3 is 0 Å². The number of H-pyrrole nitrogens is 1. The fourth-order valence-electron chi connectivity index (χ4n) is 4.44. The number of fused-ring (bicyclic) bond motifs is 2. The zero-order chi connectivity index (χ0) is 26.1. The van der Waals surface area contributed by atoms with Crippen molar-refractivity contribution < 1.29 is 19.7 Å². The van der Waals surface area contributed by atoms with Crippen LogP contribution in [0.4, 0.5) is 17.2 Å². The number of aromatic amines is 1. The highest BCUT2D eigenvalue weighted by Gasteiger charge is 2.37. The Hall–Kier alpha value is -4.25. The Morgan fingerprint density at radius 2 is 1.97 bits per heavy atom. The van der Waals surface area contributed by atoms with Gasteiger partial charge in [0.15, 0.2) is 18.3 Å². The van der Waals surface area contributed by atoms with E-state index in [0.717, 1.165) is 46.1 Å². The van der Waals surface area contributed by atoms with Gasteiger partial charge in [0, 0.05) is 27.7 Å². The molecule has 0 amide bonds. The number of benzene rings is 3. The summed E-state index contributed by atoms with van der Waals surface area (Å²) >= 11 is 0. The van der Waals surface area contributed by atoms with E-state index in [1.54, 1.807) is 18.3 Å². The molecule has 5 aromatic rings. The van der Waals surface area contributed by atoms with E-state index in [2.05, 4.69) is 27.8 Å². The van der Waals surface area contributed by atoms with E-state index in [0.29, 0.717) is 22.9 Å². The molecule has 0 radical (unpaired) electrons. The minimum absolute atomic E-state index is 0.0358. The first-order chi connectivity index (χ1) is 18.6. The maximum atomic E-state index is 9.20. The van der Waals surface area contributed by atoms with Gasteiger partial charge in [0.1, 0.15) is 24.3 Å². The van der Waals surface area contributed by atoms with Crippen LogP contribution >= 0.6 is 0 Å². The number of rotatable bonds is 10. The Bertz CT molecular complexity index is 1590. The van der Waals surface area contributed by atoms with Gasteiger partial charge in [-0.15, -0.1) is 0 Å². The number of epoxide rings is 1. The van der Waals surface area contributed by atoms with Gasteiger partial charge in [0.05, 0.1) is 17.2 Å². The van der Waals surface area contributed by atoms with E-state index in [1.165, 1.54) is 0 Å². The van der Waals surface area contributed by atoms with Gasteiger partial charge in [-0.1, -0.05) is 25.5 Å². The molecule has 1 aliphatic rings. The van der Waals surface area contributed by atoms with Gasteiger partial charge in [-0.3, -0.25) is 5.10 Å². The SMILES string of the molecule is CCCC1OC1Nc1cccc(-c2nc(Nc3ccc4[nH]ncc4c3)c3cc(OCC(O)O)ccc3n2)c1. The van der Waals surface area contributed by atoms with Gasteiger partial charge in [0.25, 0.3) is 0 Å². The Morgan fingerprint density at radius 1 is 1.05 bits per heavy atom. The lowest BCUT2D eigenvalue weighted by Gasteiger charge is -2.14. The lowest BCUT2D eigenvalue weighted by Crippen LogP contribution is -2.15. The van der Waals surface area contributed by atoms with Crippen LogP contribution < -0.4 is 15.4 Å². The van der Waals surface area contributed by atoms with E-state index in [-0.39, 0.29) is 18.9 Å². The van der Waals surface area contributed by atoms with Crippen LogP contribution in [0.2, 0.25) is 0 Å². The number of aliphatic hydroxyl groups is 2. The highest BCUT2D eigenvalue weighted by molar-refractivity contribution is 5.94. The Balaban J connectivity index is 1.36. The minimum atomic E-state index is -1.57. The number of hydrogen-bond acceptors (Lipinski definition) is 9. The third kappa shape index (κ3) is 5.23. The fraction of sp³-hybridized carbons (Fsp3) is 0.250. The molecule has 3 heterocycles. The zero-order valence-electron chi connectivity index (χ0n) is 20.8. The first-order valence-corrected chi connectivity index (χ1v) is 12.6. The molecule has 2 atom stereocenters. The number of aliphatic hydroxyl groups excluding tert-OH is 1. The summed E-state index contributed by atoms with van der Waals surface area (Å²) in [6.07, 6.45) is 2.62. The standard InChI is InChI=1S/C28H28N6O4/c1-2-4-24-28(38-24)31-18-6-3-5-16(11-18)26-32-23-10-8-20(37-15-25(35)36)13-21(23)27(33-26)30-19-7-9-22-17(12-19)14-29-34-22/h3,5-14,24-25,28,31,35-36H,2,4,15H2,1H3,(H,29,34)(H,30,32,33). The molecule has 10 heteroatoms. The predicted molar refractivity (Wildman–Crippen MR) is 145 cm³/mol. The van der Waals surface area contributed by atoms with Crippen molar-refractivity contribution in [2.45, 2.75) is 38.4 Å². The molecule has 0 aliphatic carbocycles. The summed E-state index contributed by atoms with van der Waals surface area (Å²) < 4.78 is 11.2. The number of ether oxygens (including phenoxy) is 2. The van der Waals surface area contributed by atoms with Gasteiger partial charge < -0.3 is 30.3 Å². The van der Waals surface area contributed by atoms with E-state index in [9.17, 15) is 10.2 Å². The highest BCUT2D eigenvalue weighted by atomic mass is 16.6. The molecule has 0 bridgehead atoms. The Morgan fingerprint density at radius 3 is 2.84 bits per heavy atom. The maximum Gasteiger partial charge on any atom is 0.186 e. The topological polar surface area (TPSA) is 141 Å². The molecule has 0 saturated carbocycles. The van der Waals surface area contributed by atoms with Crippen molar-refractivity contribution >= 4 is 39.0 Å². The molecule has 1 aliphatic heterocycles. The third-order valence-corrected chi connectivity index (χ3v) is 6.35. The second kappa shape index (κ2) is 10.3. The van der Waals surface area contributed by atoms with Gasteiger partial charge in [-0.2, -0.15) is 5.10 Å². The molecule has 1 fully saturated rings. The van der Waals surface area contributed by atoms with E-state index in [4.69, 9.17) is 19.4 Å². The average molecular weight is 513 g/mol. The molecule has 0 spiro atoms. The first kappa shape index (κ1) is 24.1. The van der Waals surface area contributed by atoms with Crippen molar-refractivity contribution in [1.29, 1.82) is 0 Å². The molecular formula is C28H28N6O4. The van der Waals surface area contributed by atoms with Crippen molar-refractivity contribution in [3.63, 3.8) is 0 Å². The molecule has 3 aromatic carbocycles. The summed E-state index contributed by atoms with van der Waals surface area (Å²) in [6, 6.07) is 19.2. The van der Waals surface area contributed by atoms with Crippen molar-refractivity contribution in [3.8, 4) is 17.1 Å². The largest absolute Gasteiger partial charge is 0.488 e. The van der Waals surface area contributed by atoms with Crippen LogP contribution in [0.25, 0.3) is 33.2 Å². The molecule has 5 N–H and O–H groups in total. The molecule has 6 rings (SSSR count). The lowest BCUT2D eigenvalue weighted by molar-refractivity contribution is -0.0680. The predicted octanol–water partition coefficient (Wildman–Crippen LogP) is 4.54. The Kier molecular flexibility index (Phi) is 6.50. The number of hydrogen-bond donors (Lipinski definition) is 5. The molecule has 2 unspecified atom stereocenters. The van der Waals surface area contributed by atoms with Crippen LogP contribution in [0, 0.1) is 0 Å². The quantitative estimate of drug-likeness (QED) is 0.135. The van der Waals surface area contributed by atoms with Gasteiger partial charge in [0.2, 0.25) is 0 Å². The van der Waals surface area contributed by atoms with E-state index < -0.39 is 6.29 Å². The molecule has 2 aromatic heterocycles. The molecular weight excluding hydrogens is 484 g/mol. The lowest BCUT2D eigenvalue weighted by atomic mass is 10.1. The van der Waals surface area contributed by atoms with Crippen LogP contribution in [0.3, 0.4) is 0 Å². The van der Waals surface area contributed by atoms with Crippen molar-refractivity contribution in [2.75, 3.05) is 17.2 Å². The van der Waals surface area contributed by atoms with Crippen LogP contribution in [-0.2, 0) is 4.74 Å². The highest BCUT2D eigenvalue weighted by Crippen LogP contribution is 2.33. The second-order valence-corrected chi connectivity index (χ2v) is 9.27. The van der Waals surface area contributed by atoms with Crippen molar-refractivity contribution in [3.05, 3.63) is 66.9 Å². The number of nitrogens with zero attached hydrogens (tertiary/aromatic N) is 3. The summed E-state index contributed by atoms with van der Waals surface area (Å²) in [5.74, 6) is 1.64. The second-order valence-electron chi connectivity index (χ2n) is 9.27. The smallest absolute Gasteiger partial charge is 0.186 e. The number of nitrogens with one attached hydrogen (secondary N) is 3. The number of aromatic nitrogens is 4. The molecule has 1 saturated heterocycles. The molecule has 194 valence electrons. The zero-order valence-corrected chi connectivity index (χ0v) is 20.8. The van der Waals surface area contributed by atoms with Gasteiger partial charge in [-0.25, -0.2) is 9.97 Å². The van der Waals surface area contributed by atoms with E-state index in [1.807, 2.05) is 48.5 Å². The van der Waals surface area contributed by atoms with Crippen LogP contribution in [0.5, 0.6) is 5.75 Å². The third-order valence-electron chi connectivity index (χ3n) is 6.35. The number of anilines is 3. The maximum absolute atomic E-state index is 9.20. The molecule has 38 heavy (non-hydrogen) atoms. The summed E-state index contributed by atoms with van der Waals surface area (Å²) in [5, 5.41) is 34.0. The summed E-state index contributed by atoms with van der Waals surface area (Å²) in [6.45, 7) is 1.91. The summed E-state index contributed by atoms with van der Waals surface area (Å²) in [7, 11) is 0. The average Bonchev–Trinajstić information content (AvgIpc) is 3.46. The van der Waals surface area contributed by atoms with E-state index >= 15 is 0 Å². The first-order valence-electron chi connectivity index (χ1n) is 12.6. The monoisotopic (exact) mass is 512 g/mol. The van der Waals surface area contributed by atoms with Crippen molar-refractivity contribution in [1.82, 2.24) is 20.2 Å². The fourth-order valence-corrected chi connectivity index (χ4v) is 4.44. The van der Waals surface area contributed by atoms with Crippen molar-refractivity contribution in [2.24, 2.45) is 0 Å². The molecule has 10 nitrogen and oxygen atoms in total. The van der Waals surface area contributed by atoms with Crippen LogP contribution in [0.15, 0.2) is 66.9 Å². The van der Waals surface area contributed by atoms with Crippen LogP contribution in [0.1, 0.15) is 19.8 Å². The summed E-state index contributed by atoms with van der Waals surface area (Å²) in [5.41, 5.74) is 4.30. The summed E-state index contributed by atoms with van der Waals surface area (Å²) in [4.78, 5) is 9.72. The Labute approximate surface area is 218 Å². The van der Waals surface area contributed by atoms with Crippen LogP contribution in [-0.4, -0.2) is 55.6 Å². The van der Waals surface area contributed by atoms with Gasteiger partial charge in [-0.05, 0) is 55.0 Å². The normalized spacial score (nSPS) is 16.7.